The summed E-state index contributed by atoms with van der Waals surface area (Å²) in [6, 6.07) is 9.85. The molecule has 0 radical (unpaired) electrons. The molecule has 2 rings (SSSR count). The van der Waals surface area contributed by atoms with Gasteiger partial charge in [0.25, 0.3) is 0 Å². The first kappa shape index (κ1) is 20.9. The van der Waals surface area contributed by atoms with Crippen molar-refractivity contribution >= 4 is 11.8 Å². The highest BCUT2D eigenvalue weighted by atomic mass is 16.4. The summed E-state index contributed by atoms with van der Waals surface area (Å²) in [7, 11) is 0. The van der Waals surface area contributed by atoms with Gasteiger partial charge in [0.2, 0.25) is 0 Å². The van der Waals surface area contributed by atoms with Crippen molar-refractivity contribution in [3.8, 4) is 0 Å². The molecule has 0 saturated carbocycles. The second kappa shape index (κ2) is 11.3. The van der Waals surface area contributed by atoms with E-state index in [2.05, 4.69) is 4.90 Å². The maximum atomic E-state index is 11.8. The summed E-state index contributed by atoms with van der Waals surface area (Å²) in [6.45, 7) is 1.17. The lowest BCUT2D eigenvalue weighted by Crippen LogP contribution is -2.32. The average Bonchev–Trinajstić information content (AvgIpc) is 2.64. The number of aliphatic carboxylic acids is 1. The van der Waals surface area contributed by atoms with Gasteiger partial charge in [0.15, 0.2) is 5.78 Å². The third-order valence-corrected chi connectivity index (χ3v) is 4.62. The van der Waals surface area contributed by atoms with Crippen LogP contribution in [0.25, 0.3) is 0 Å². The monoisotopic (exact) mass is 371 g/mol. The summed E-state index contributed by atoms with van der Waals surface area (Å²) in [6.07, 6.45) is 9.72. The Balaban J connectivity index is 1.81. The number of benzene rings is 1. The van der Waals surface area contributed by atoms with Crippen LogP contribution in [-0.2, 0) is 16.0 Å². The molecule has 0 unspecified atom stereocenters. The molecule has 5 heteroatoms. The Morgan fingerprint density at radius 2 is 1.89 bits per heavy atom. The molecule has 2 N–H and O–H groups in total. The number of carbonyl (C=O) groups excluding carboxylic acids is 1. The molecule has 0 spiro atoms. The molecule has 27 heavy (non-hydrogen) atoms. The van der Waals surface area contributed by atoms with Crippen LogP contribution in [0.1, 0.15) is 44.1 Å². The largest absolute Gasteiger partial charge is 0.481 e. The van der Waals surface area contributed by atoms with Gasteiger partial charge in [-0.2, -0.15) is 0 Å². The van der Waals surface area contributed by atoms with Crippen molar-refractivity contribution in [2.24, 2.45) is 0 Å². The van der Waals surface area contributed by atoms with E-state index in [0.717, 1.165) is 37.1 Å². The first-order chi connectivity index (χ1) is 13.0. The number of rotatable bonds is 11. The molecule has 1 heterocycles. The molecule has 0 fully saturated rings. The SMILES string of the molecule is O=C(O)CCCCCCN1CC(=O)CC=C1C=C[C@H](O)Cc1ccccc1. The summed E-state index contributed by atoms with van der Waals surface area (Å²) < 4.78 is 0. The Kier molecular flexibility index (Phi) is 8.78. The zero-order valence-corrected chi connectivity index (χ0v) is 15.7. The number of carboxylic acids is 1. The van der Waals surface area contributed by atoms with E-state index in [-0.39, 0.29) is 12.2 Å². The molecule has 1 aliphatic rings. The van der Waals surface area contributed by atoms with Crippen molar-refractivity contribution in [3.05, 3.63) is 59.8 Å². The summed E-state index contributed by atoms with van der Waals surface area (Å²) in [4.78, 5) is 24.4. The van der Waals surface area contributed by atoms with Crippen molar-refractivity contribution in [1.29, 1.82) is 0 Å². The number of hydrogen-bond donors (Lipinski definition) is 2. The highest BCUT2D eigenvalue weighted by Crippen LogP contribution is 2.17. The number of carbonyl (C=O) groups is 2. The molecule has 1 atom stereocenters. The van der Waals surface area contributed by atoms with Crippen molar-refractivity contribution in [2.75, 3.05) is 13.1 Å². The van der Waals surface area contributed by atoms with Gasteiger partial charge in [0.1, 0.15) is 0 Å². The lowest BCUT2D eigenvalue weighted by molar-refractivity contribution is -0.137. The third-order valence-electron chi connectivity index (χ3n) is 4.62. The second-order valence-electron chi connectivity index (χ2n) is 6.97. The first-order valence-corrected chi connectivity index (χ1v) is 9.63. The average molecular weight is 371 g/mol. The lowest BCUT2D eigenvalue weighted by Gasteiger charge is -2.28. The third kappa shape index (κ3) is 8.22. The number of nitrogens with zero attached hydrogens (tertiary/aromatic N) is 1. The molecule has 0 amide bonds. The predicted molar refractivity (Wildman–Crippen MR) is 105 cm³/mol. The minimum Gasteiger partial charge on any atom is -0.481 e. The van der Waals surface area contributed by atoms with Crippen LogP contribution in [0.15, 0.2) is 54.3 Å². The first-order valence-electron chi connectivity index (χ1n) is 9.63. The van der Waals surface area contributed by atoms with Gasteiger partial charge >= 0.3 is 5.97 Å². The summed E-state index contributed by atoms with van der Waals surface area (Å²) in [5.74, 6) is -0.552. The number of Topliss-reactive ketones (excluding diaryl/α,β-unsaturated/α-hetero) is 1. The van der Waals surface area contributed by atoms with Crippen LogP contribution in [-0.4, -0.2) is 46.1 Å². The standard InChI is InChI=1S/C22H29NO4/c24-20(16-18-8-4-3-5-9-18)13-11-19-12-14-21(25)17-23(19)15-7-2-1-6-10-22(26)27/h3-5,8-9,11-13,20,24H,1-2,6-7,10,14-17H2,(H,26,27)/t20-/m0/s1. The summed E-state index contributed by atoms with van der Waals surface area (Å²) in [5.41, 5.74) is 2.06. The number of allylic oxidation sites excluding steroid dienone is 2. The van der Waals surface area contributed by atoms with Gasteiger partial charge < -0.3 is 15.1 Å². The number of aliphatic hydroxyl groups excluding tert-OH is 1. The van der Waals surface area contributed by atoms with E-state index in [1.807, 2.05) is 42.5 Å². The molecule has 0 saturated heterocycles. The topological polar surface area (TPSA) is 77.8 Å². The molecule has 5 nitrogen and oxygen atoms in total. The Hall–Kier alpha value is -2.40. The van der Waals surface area contributed by atoms with Crippen LogP contribution in [0.2, 0.25) is 0 Å². The van der Waals surface area contributed by atoms with Crippen LogP contribution in [0, 0.1) is 0 Å². The number of hydrogen-bond acceptors (Lipinski definition) is 4. The fourth-order valence-electron chi connectivity index (χ4n) is 3.16. The molecule has 0 bridgehead atoms. The summed E-state index contributed by atoms with van der Waals surface area (Å²) in [5, 5.41) is 18.9. The van der Waals surface area contributed by atoms with E-state index in [9.17, 15) is 14.7 Å². The Morgan fingerprint density at radius 1 is 1.15 bits per heavy atom. The molecular formula is C22H29NO4. The fourth-order valence-corrected chi connectivity index (χ4v) is 3.16. The van der Waals surface area contributed by atoms with Gasteiger partial charge in [0.05, 0.1) is 12.6 Å². The van der Waals surface area contributed by atoms with E-state index in [1.165, 1.54) is 0 Å². The molecule has 1 aliphatic heterocycles. The second-order valence-corrected chi connectivity index (χ2v) is 6.97. The van der Waals surface area contributed by atoms with Crippen LogP contribution in [0.5, 0.6) is 0 Å². The van der Waals surface area contributed by atoms with Crippen LogP contribution in [0.4, 0.5) is 0 Å². The lowest BCUT2D eigenvalue weighted by atomic mass is 10.1. The maximum absolute atomic E-state index is 11.8. The van der Waals surface area contributed by atoms with Gasteiger partial charge in [-0.05, 0) is 24.5 Å². The van der Waals surface area contributed by atoms with Crippen molar-refractivity contribution in [1.82, 2.24) is 4.90 Å². The van der Waals surface area contributed by atoms with Gasteiger partial charge in [-0.15, -0.1) is 0 Å². The Labute approximate surface area is 161 Å². The Morgan fingerprint density at radius 3 is 2.63 bits per heavy atom. The quantitative estimate of drug-likeness (QED) is 0.583. The highest BCUT2D eigenvalue weighted by molar-refractivity contribution is 5.83. The van der Waals surface area contributed by atoms with Crippen molar-refractivity contribution in [2.45, 2.75) is 51.0 Å². The Bertz CT molecular complexity index is 666. The molecule has 1 aromatic carbocycles. The highest BCUT2D eigenvalue weighted by Gasteiger charge is 2.17. The van der Waals surface area contributed by atoms with Crippen LogP contribution < -0.4 is 0 Å². The number of aliphatic hydroxyl groups is 1. The normalized spacial score (nSPS) is 15.8. The van der Waals surface area contributed by atoms with E-state index in [1.54, 1.807) is 6.08 Å². The van der Waals surface area contributed by atoms with Crippen LogP contribution >= 0.6 is 0 Å². The minimum atomic E-state index is -0.749. The van der Waals surface area contributed by atoms with Crippen molar-refractivity contribution < 1.29 is 19.8 Å². The van der Waals surface area contributed by atoms with E-state index in [0.29, 0.717) is 25.8 Å². The fraction of sp³-hybridized carbons (Fsp3) is 0.455. The van der Waals surface area contributed by atoms with Crippen LogP contribution in [0.3, 0.4) is 0 Å². The molecule has 1 aromatic rings. The number of ketones is 1. The van der Waals surface area contributed by atoms with E-state index >= 15 is 0 Å². The van der Waals surface area contributed by atoms with Gasteiger partial charge in [0, 0.05) is 31.5 Å². The number of carboxylic acid groups (broad SMARTS) is 1. The molecule has 146 valence electrons. The predicted octanol–water partition coefficient (Wildman–Crippen LogP) is 3.34. The van der Waals surface area contributed by atoms with Gasteiger partial charge in [-0.25, -0.2) is 0 Å². The molecule has 0 aromatic heterocycles. The number of unbranched alkanes of at least 4 members (excludes halogenated alkanes) is 3. The minimum absolute atomic E-state index is 0.197. The van der Waals surface area contributed by atoms with Crippen molar-refractivity contribution in [3.63, 3.8) is 0 Å². The van der Waals surface area contributed by atoms with Gasteiger partial charge in [-0.3, -0.25) is 9.59 Å². The smallest absolute Gasteiger partial charge is 0.303 e. The molecular weight excluding hydrogens is 342 g/mol. The van der Waals surface area contributed by atoms with E-state index in [4.69, 9.17) is 5.11 Å². The van der Waals surface area contributed by atoms with Gasteiger partial charge in [-0.1, -0.05) is 55.3 Å². The summed E-state index contributed by atoms with van der Waals surface area (Å²) >= 11 is 0. The zero-order valence-electron chi connectivity index (χ0n) is 15.7. The maximum Gasteiger partial charge on any atom is 0.303 e. The van der Waals surface area contributed by atoms with E-state index < -0.39 is 12.1 Å². The zero-order chi connectivity index (χ0) is 19.5. The molecule has 0 aliphatic carbocycles.